The number of sulfonamides is 1. The van der Waals surface area contributed by atoms with Gasteiger partial charge in [0.05, 0.1) is 25.5 Å². The van der Waals surface area contributed by atoms with Gasteiger partial charge >= 0.3 is 0 Å². The van der Waals surface area contributed by atoms with E-state index in [0.717, 1.165) is 31.5 Å². The molecule has 1 atom stereocenters. The Morgan fingerprint density at radius 1 is 1.43 bits per heavy atom. The molecule has 1 aliphatic heterocycles. The summed E-state index contributed by atoms with van der Waals surface area (Å²) in [5.74, 6) is 1.35. The van der Waals surface area contributed by atoms with Crippen LogP contribution in [-0.4, -0.2) is 45.9 Å². The van der Waals surface area contributed by atoms with Crippen LogP contribution in [0.3, 0.4) is 0 Å². The van der Waals surface area contributed by atoms with Crippen LogP contribution in [0.4, 0.5) is 5.69 Å². The molecule has 1 saturated heterocycles. The summed E-state index contributed by atoms with van der Waals surface area (Å²) in [6.07, 6.45) is 1.16. The van der Waals surface area contributed by atoms with Crippen LogP contribution in [0.2, 0.25) is 0 Å². The van der Waals surface area contributed by atoms with Crippen molar-refractivity contribution in [1.29, 1.82) is 0 Å². The van der Waals surface area contributed by atoms with E-state index in [1.807, 2.05) is 18.2 Å². The van der Waals surface area contributed by atoms with Gasteiger partial charge < -0.3 is 4.74 Å². The molecule has 1 aliphatic rings. The molecule has 0 amide bonds. The lowest BCUT2D eigenvalue weighted by atomic mass is 10.0. The molecule has 117 valence electrons. The molecular weight excluding hydrogens is 288 g/mol. The SMILES string of the molecule is C[C](C)CN1CCOC[C@@H]1c1cccc(NS(C)(=O)=O)c1. The topological polar surface area (TPSA) is 58.6 Å². The van der Waals surface area contributed by atoms with Crippen molar-refractivity contribution >= 4 is 15.7 Å². The average Bonchev–Trinajstić information content (AvgIpc) is 2.37. The monoisotopic (exact) mass is 311 g/mol. The van der Waals surface area contributed by atoms with Gasteiger partial charge in [-0.3, -0.25) is 9.62 Å². The van der Waals surface area contributed by atoms with Crippen molar-refractivity contribution in [3.63, 3.8) is 0 Å². The third-order valence-corrected chi connectivity index (χ3v) is 3.94. The van der Waals surface area contributed by atoms with Crippen LogP contribution >= 0.6 is 0 Å². The first kappa shape index (κ1) is 16.3. The van der Waals surface area contributed by atoms with E-state index in [-0.39, 0.29) is 6.04 Å². The number of rotatable bonds is 5. The first-order valence-corrected chi connectivity index (χ1v) is 8.93. The molecule has 1 fully saturated rings. The molecule has 21 heavy (non-hydrogen) atoms. The molecule has 2 rings (SSSR count). The van der Waals surface area contributed by atoms with Crippen LogP contribution in [0.1, 0.15) is 25.5 Å². The van der Waals surface area contributed by atoms with Crippen LogP contribution in [0.15, 0.2) is 24.3 Å². The molecular formula is C15H23N2O3S. The van der Waals surface area contributed by atoms with Crippen molar-refractivity contribution < 1.29 is 13.2 Å². The molecule has 1 aromatic carbocycles. The Balaban J connectivity index is 2.20. The van der Waals surface area contributed by atoms with Gasteiger partial charge in [-0.1, -0.05) is 26.0 Å². The maximum Gasteiger partial charge on any atom is 0.229 e. The van der Waals surface area contributed by atoms with Crippen molar-refractivity contribution in [3.8, 4) is 0 Å². The highest BCUT2D eigenvalue weighted by Gasteiger charge is 2.25. The predicted octanol–water partition coefficient (Wildman–Crippen LogP) is 2.05. The molecule has 6 heteroatoms. The summed E-state index contributed by atoms with van der Waals surface area (Å²) in [7, 11) is -3.26. The molecule has 0 bridgehead atoms. The van der Waals surface area contributed by atoms with Crippen molar-refractivity contribution in [2.45, 2.75) is 19.9 Å². The van der Waals surface area contributed by atoms with Crippen molar-refractivity contribution in [1.82, 2.24) is 4.90 Å². The zero-order valence-electron chi connectivity index (χ0n) is 12.8. The third kappa shape index (κ3) is 4.98. The summed E-state index contributed by atoms with van der Waals surface area (Å²) < 4.78 is 30.8. The summed E-state index contributed by atoms with van der Waals surface area (Å²) in [4.78, 5) is 2.37. The smallest absolute Gasteiger partial charge is 0.229 e. The lowest BCUT2D eigenvalue weighted by Gasteiger charge is -2.37. The minimum absolute atomic E-state index is 0.162. The second-order valence-corrected chi connectivity index (χ2v) is 7.52. The van der Waals surface area contributed by atoms with Crippen LogP contribution in [0, 0.1) is 5.92 Å². The molecule has 0 aromatic heterocycles. The fourth-order valence-electron chi connectivity index (χ4n) is 2.56. The second-order valence-electron chi connectivity index (χ2n) is 5.77. The zero-order valence-corrected chi connectivity index (χ0v) is 13.6. The molecule has 1 N–H and O–H groups in total. The Morgan fingerprint density at radius 2 is 2.19 bits per heavy atom. The van der Waals surface area contributed by atoms with Gasteiger partial charge in [-0.15, -0.1) is 0 Å². The summed E-state index contributed by atoms with van der Waals surface area (Å²) >= 11 is 0. The normalized spacial score (nSPS) is 20.7. The highest BCUT2D eigenvalue weighted by atomic mass is 32.2. The summed E-state index contributed by atoms with van der Waals surface area (Å²) in [5, 5.41) is 0. The van der Waals surface area contributed by atoms with Crippen LogP contribution < -0.4 is 4.72 Å². The van der Waals surface area contributed by atoms with Gasteiger partial charge in [0, 0.05) is 18.8 Å². The number of anilines is 1. The number of nitrogens with one attached hydrogen (secondary N) is 1. The molecule has 0 saturated carbocycles. The van der Waals surface area contributed by atoms with Gasteiger partial charge in [-0.2, -0.15) is 0 Å². The number of hydrogen-bond acceptors (Lipinski definition) is 4. The standard InChI is InChI=1S/C15H23N2O3S/c1-12(2)10-17-7-8-20-11-15(17)13-5-4-6-14(9-13)16-21(3,18)19/h4-6,9,15-16H,7-8,10-11H2,1-3H3/t15-/m1/s1. The Labute approximate surface area is 127 Å². The lowest BCUT2D eigenvalue weighted by Crippen LogP contribution is -2.41. The first-order valence-electron chi connectivity index (χ1n) is 7.04. The minimum atomic E-state index is -3.26. The van der Waals surface area contributed by atoms with E-state index in [1.54, 1.807) is 6.07 Å². The molecule has 0 spiro atoms. The molecule has 0 aliphatic carbocycles. The zero-order chi connectivity index (χ0) is 15.5. The molecule has 1 aromatic rings. The van der Waals surface area contributed by atoms with E-state index < -0.39 is 10.0 Å². The maximum atomic E-state index is 11.3. The van der Waals surface area contributed by atoms with Gasteiger partial charge in [0.15, 0.2) is 0 Å². The molecule has 1 heterocycles. The molecule has 0 unspecified atom stereocenters. The van der Waals surface area contributed by atoms with E-state index in [2.05, 4.69) is 23.5 Å². The third-order valence-electron chi connectivity index (χ3n) is 3.33. The Hall–Kier alpha value is -1.11. The fourth-order valence-corrected chi connectivity index (χ4v) is 3.12. The molecule has 5 nitrogen and oxygen atoms in total. The predicted molar refractivity (Wildman–Crippen MR) is 84.6 cm³/mol. The highest BCUT2D eigenvalue weighted by Crippen LogP contribution is 2.27. The van der Waals surface area contributed by atoms with Crippen LogP contribution in [0.25, 0.3) is 0 Å². The van der Waals surface area contributed by atoms with Gasteiger partial charge in [-0.25, -0.2) is 8.42 Å². The first-order chi connectivity index (χ1) is 9.85. The second kappa shape index (κ2) is 6.77. The van der Waals surface area contributed by atoms with Crippen LogP contribution in [-0.2, 0) is 14.8 Å². The summed E-state index contributed by atoms with van der Waals surface area (Å²) in [5.41, 5.74) is 1.67. The van der Waals surface area contributed by atoms with Gasteiger partial charge in [0.25, 0.3) is 0 Å². The molecule has 1 radical (unpaired) electrons. The Kier molecular flexibility index (Phi) is 5.24. The number of hydrogen-bond donors (Lipinski definition) is 1. The Bertz CT molecular complexity index is 572. The number of benzene rings is 1. The van der Waals surface area contributed by atoms with E-state index in [1.165, 1.54) is 5.92 Å². The van der Waals surface area contributed by atoms with E-state index in [0.29, 0.717) is 12.3 Å². The van der Waals surface area contributed by atoms with Crippen molar-refractivity contribution in [2.75, 3.05) is 37.3 Å². The quantitative estimate of drug-likeness (QED) is 0.904. The highest BCUT2D eigenvalue weighted by molar-refractivity contribution is 7.92. The van der Waals surface area contributed by atoms with Crippen molar-refractivity contribution in [2.24, 2.45) is 0 Å². The Morgan fingerprint density at radius 3 is 2.86 bits per heavy atom. The van der Waals surface area contributed by atoms with E-state index in [4.69, 9.17) is 4.74 Å². The van der Waals surface area contributed by atoms with Crippen molar-refractivity contribution in [3.05, 3.63) is 35.7 Å². The average molecular weight is 311 g/mol. The largest absolute Gasteiger partial charge is 0.378 e. The minimum Gasteiger partial charge on any atom is -0.378 e. The summed E-state index contributed by atoms with van der Waals surface area (Å²) in [6.45, 7) is 7.43. The number of nitrogens with zero attached hydrogens (tertiary/aromatic N) is 1. The summed E-state index contributed by atoms with van der Waals surface area (Å²) in [6, 6.07) is 7.70. The lowest BCUT2D eigenvalue weighted by molar-refractivity contribution is -0.00600. The van der Waals surface area contributed by atoms with Gasteiger partial charge in [-0.05, 0) is 23.6 Å². The maximum absolute atomic E-state index is 11.3. The van der Waals surface area contributed by atoms with E-state index in [9.17, 15) is 8.42 Å². The number of morpholine rings is 1. The fraction of sp³-hybridized carbons (Fsp3) is 0.533. The van der Waals surface area contributed by atoms with E-state index >= 15 is 0 Å². The van der Waals surface area contributed by atoms with Gasteiger partial charge in [0.2, 0.25) is 10.0 Å². The number of ether oxygens (including phenoxy) is 1. The van der Waals surface area contributed by atoms with Gasteiger partial charge in [0.1, 0.15) is 0 Å². The van der Waals surface area contributed by atoms with Crippen LogP contribution in [0.5, 0.6) is 0 Å².